The number of carbonyl (C=O) groups excluding carboxylic acids is 1. The van der Waals surface area contributed by atoms with Gasteiger partial charge in [0.25, 0.3) is 0 Å². The van der Waals surface area contributed by atoms with Crippen molar-refractivity contribution in [2.24, 2.45) is 11.1 Å². The van der Waals surface area contributed by atoms with Gasteiger partial charge in [-0.05, 0) is 24.5 Å². The van der Waals surface area contributed by atoms with Crippen molar-refractivity contribution in [1.82, 2.24) is 0 Å². The van der Waals surface area contributed by atoms with Gasteiger partial charge in [0.15, 0.2) is 5.78 Å². The summed E-state index contributed by atoms with van der Waals surface area (Å²) in [6.45, 7) is 7.41. The maximum atomic E-state index is 12.0. The van der Waals surface area contributed by atoms with Crippen molar-refractivity contribution in [3.05, 3.63) is 35.4 Å². The molecule has 3 N–H and O–H groups in total. The number of benzene rings is 1. The molecule has 0 aliphatic carbocycles. The number of nitrogens with one attached hydrogen (secondary N) is 1. The largest absolute Gasteiger partial charge is 0.321 e. The van der Waals surface area contributed by atoms with Crippen LogP contribution in [-0.4, -0.2) is 17.5 Å². The Kier molecular flexibility index (Phi) is 4.41. The fraction of sp³-hybridized carbons (Fsp3) is 0.467. The molecule has 1 atom stereocenters. The Morgan fingerprint density at radius 3 is 2.17 bits per heavy atom. The lowest BCUT2D eigenvalue weighted by Gasteiger charge is -2.21. The number of carbonyl (C=O) groups is 1. The van der Waals surface area contributed by atoms with Crippen LogP contribution in [0, 0.1) is 10.8 Å². The molecule has 0 amide bonds. The Bertz CT molecular complexity index is 441. The minimum atomic E-state index is -0.461. The van der Waals surface area contributed by atoms with E-state index in [1.54, 1.807) is 6.92 Å². The topological polar surface area (TPSA) is 66.9 Å². The molecule has 0 aromatic heterocycles. The Balaban J connectivity index is 2.74. The summed E-state index contributed by atoms with van der Waals surface area (Å²) in [5, 5.41) is 7.52. The molecule has 0 fully saturated rings. The zero-order valence-electron chi connectivity index (χ0n) is 11.6. The van der Waals surface area contributed by atoms with E-state index in [1.807, 2.05) is 45.0 Å². The number of ketones is 1. The molecule has 0 aliphatic rings. The summed E-state index contributed by atoms with van der Waals surface area (Å²) in [7, 11) is 0. The zero-order valence-corrected chi connectivity index (χ0v) is 11.6. The molecule has 1 aromatic rings. The summed E-state index contributed by atoms with van der Waals surface area (Å²) in [5.41, 5.74) is 8.01. The van der Waals surface area contributed by atoms with Crippen molar-refractivity contribution < 1.29 is 4.79 Å². The van der Waals surface area contributed by atoms with Gasteiger partial charge in [-0.15, -0.1) is 0 Å². The van der Waals surface area contributed by atoms with Crippen LogP contribution < -0.4 is 5.73 Å². The smallest absolute Gasteiger partial charge is 0.155 e. The molecule has 1 aromatic carbocycles. The fourth-order valence-corrected chi connectivity index (χ4v) is 1.79. The standard InChI is InChI=1S/C15H22N2O/c1-10(16)12-7-5-11(6-8-12)9-13(17)14(18)15(2,3)4/h5-8,13,16H,9,17H2,1-4H3. The number of nitrogens with two attached hydrogens (primary N) is 1. The second-order valence-corrected chi connectivity index (χ2v) is 5.75. The van der Waals surface area contributed by atoms with Crippen LogP contribution in [0.4, 0.5) is 0 Å². The monoisotopic (exact) mass is 246 g/mol. The van der Waals surface area contributed by atoms with Crippen molar-refractivity contribution in [1.29, 1.82) is 5.41 Å². The van der Waals surface area contributed by atoms with E-state index >= 15 is 0 Å². The maximum absolute atomic E-state index is 12.0. The molecule has 18 heavy (non-hydrogen) atoms. The third kappa shape index (κ3) is 3.77. The van der Waals surface area contributed by atoms with E-state index in [0.29, 0.717) is 12.1 Å². The molecule has 0 aliphatic heterocycles. The number of Topliss-reactive ketones (excluding diaryl/α,β-unsaturated/α-hetero) is 1. The first-order valence-corrected chi connectivity index (χ1v) is 6.16. The molecule has 0 heterocycles. The first kappa shape index (κ1) is 14.6. The van der Waals surface area contributed by atoms with Gasteiger partial charge < -0.3 is 11.1 Å². The van der Waals surface area contributed by atoms with E-state index in [-0.39, 0.29) is 5.78 Å². The Labute approximate surface area is 109 Å². The molecule has 0 radical (unpaired) electrons. The molecule has 98 valence electrons. The highest BCUT2D eigenvalue weighted by molar-refractivity contribution is 5.96. The second-order valence-electron chi connectivity index (χ2n) is 5.75. The van der Waals surface area contributed by atoms with E-state index in [0.717, 1.165) is 11.1 Å². The van der Waals surface area contributed by atoms with Gasteiger partial charge in [0.1, 0.15) is 0 Å². The zero-order chi connectivity index (χ0) is 13.9. The third-order valence-corrected chi connectivity index (χ3v) is 2.92. The fourth-order valence-electron chi connectivity index (χ4n) is 1.79. The van der Waals surface area contributed by atoms with Gasteiger partial charge >= 0.3 is 0 Å². The first-order valence-electron chi connectivity index (χ1n) is 6.16. The van der Waals surface area contributed by atoms with Crippen molar-refractivity contribution in [2.45, 2.75) is 40.2 Å². The summed E-state index contributed by atoms with van der Waals surface area (Å²) < 4.78 is 0. The molecule has 0 bridgehead atoms. The quantitative estimate of drug-likeness (QED) is 0.802. The van der Waals surface area contributed by atoms with E-state index in [4.69, 9.17) is 11.1 Å². The van der Waals surface area contributed by atoms with E-state index < -0.39 is 11.5 Å². The Morgan fingerprint density at radius 1 is 1.28 bits per heavy atom. The van der Waals surface area contributed by atoms with Crippen LogP contribution in [0.2, 0.25) is 0 Å². The van der Waals surface area contributed by atoms with Crippen LogP contribution in [-0.2, 0) is 11.2 Å². The minimum absolute atomic E-state index is 0.0785. The molecular formula is C15H22N2O. The lowest BCUT2D eigenvalue weighted by Crippen LogP contribution is -2.40. The summed E-state index contributed by atoms with van der Waals surface area (Å²) in [4.78, 5) is 12.0. The summed E-state index contributed by atoms with van der Waals surface area (Å²) in [5.74, 6) is 0.0785. The average molecular weight is 246 g/mol. The van der Waals surface area contributed by atoms with Crippen LogP contribution in [0.1, 0.15) is 38.8 Å². The highest BCUT2D eigenvalue weighted by Crippen LogP contribution is 2.18. The van der Waals surface area contributed by atoms with Crippen LogP contribution >= 0.6 is 0 Å². The van der Waals surface area contributed by atoms with Gasteiger partial charge in [-0.1, -0.05) is 45.0 Å². The van der Waals surface area contributed by atoms with E-state index in [2.05, 4.69) is 0 Å². The normalized spacial score (nSPS) is 13.2. The summed E-state index contributed by atoms with van der Waals surface area (Å²) >= 11 is 0. The first-order chi connectivity index (χ1) is 8.21. The summed E-state index contributed by atoms with van der Waals surface area (Å²) in [6, 6.07) is 7.20. The van der Waals surface area contributed by atoms with E-state index in [9.17, 15) is 4.79 Å². The molecular weight excluding hydrogens is 224 g/mol. The maximum Gasteiger partial charge on any atom is 0.155 e. The molecule has 1 rings (SSSR count). The average Bonchev–Trinajstić information content (AvgIpc) is 2.27. The third-order valence-electron chi connectivity index (χ3n) is 2.92. The number of hydrogen-bond donors (Lipinski definition) is 2. The van der Waals surface area contributed by atoms with Gasteiger partial charge in [-0.3, -0.25) is 4.79 Å². The molecule has 3 nitrogen and oxygen atoms in total. The van der Waals surface area contributed by atoms with Crippen molar-refractivity contribution in [3.63, 3.8) is 0 Å². The van der Waals surface area contributed by atoms with Crippen LogP contribution in [0.25, 0.3) is 0 Å². The van der Waals surface area contributed by atoms with Gasteiger partial charge in [0, 0.05) is 11.1 Å². The van der Waals surface area contributed by atoms with Crippen molar-refractivity contribution >= 4 is 11.5 Å². The van der Waals surface area contributed by atoms with E-state index in [1.165, 1.54) is 0 Å². The Hall–Kier alpha value is -1.48. The van der Waals surface area contributed by atoms with Gasteiger partial charge in [0.05, 0.1) is 6.04 Å². The molecule has 1 unspecified atom stereocenters. The molecule has 0 saturated carbocycles. The van der Waals surface area contributed by atoms with Crippen molar-refractivity contribution in [3.8, 4) is 0 Å². The summed E-state index contributed by atoms with van der Waals surface area (Å²) in [6.07, 6.45) is 0.549. The van der Waals surface area contributed by atoms with Crippen molar-refractivity contribution in [2.75, 3.05) is 0 Å². The van der Waals surface area contributed by atoms with Gasteiger partial charge in [-0.2, -0.15) is 0 Å². The molecule has 0 spiro atoms. The van der Waals surface area contributed by atoms with Gasteiger partial charge in [0.2, 0.25) is 0 Å². The minimum Gasteiger partial charge on any atom is -0.321 e. The lowest BCUT2D eigenvalue weighted by molar-refractivity contribution is -0.127. The Morgan fingerprint density at radius 2 is 1.78 bits per heavy atom. The lowest BCUT2D eigenvalue weighted by atomic mass is 9.84. The highest BCUT2D eigenvalue weighted by Gasteiger charge is 2.26. The number of rotatable bonds is 4. The second kappa shape index (κ2) is 5.44. The molecule has 0 saturated heterocycles. The van der Waals surface area contributed by atoms with Crippen LogP contribution in [0.3, 0.4) is 0 Å². The highest BCUT2D eigenvalue weighted by atomic mass is 16.1. The van der Waals surface area contributed by atoms with Crippen LogP contribution in [0.5, 0.6) is 0 Å². The van der Waals surface area contributed by atoms with Gasteiger partial charge in [-0.25, -0.2) is 0 Å². The predicted molar refractivity (Wildman–Crippen MR) is 75.1 cm³/mol. The number of hydrogen-bond acceptors (Lipinski definition) is 3. The van der Waals surface area contributed by atoms with Crippen LogP contribution in [0.15, 0.2) is 24.3 Å². The SMILES string of the molecule is CC(=N)c1ccc(CC(N)C(=O)C(C)(C)C)cc1. The predicted octanol–water partition coefficient (Wildman–Crippen LogP) is 2.56. The molecule has 3 heteroatoms.